The van der Waals surface area contributed by atoms with Crippen molar-refractivity contribution in [2.75, 3.05) is 6.54 Å². The Bertz CT molecular complexity index is 902. The summed E-state index contributed by atoms with van der Waals surface area (Å²) in [6.45, 7) is 0.321. The molecule has 1 N–H and O–H groups in total. The van der Waals surface area contributed by atoms with E-state index >= 15 is 0 Å². The molecule has 4 rings (SSSR count). The number of benzene rings is 2. The maximum Gasteiger partial charge on any atom is 0.295 e. The van der Waals surface area contributed by atoms with E-state index in [1.807, 2.05) is 36.4 Å². The highest BCUT2D eigenvalue weighted by atomic mass is 35.5. The van der Waals surface area contributed by atoms with E-state index in [0.717, 1.165) is 36.8 Å². The molecule has 2 aromatic carbocycles. The first kappa shape index (κ1) is 17.9. The van der Waals surface area contributed by atoms with E-state index in [1.165, 1.54) is 0 Å². The third kappa shape index (κ3) is 3.28. The molecule has 1 heterocycles. The minimum Gasteiger partial charge on any atom is -0.353 e. The molecule has 0 saturated heterocycles. The van der Waals surface area contributed by atoms with Crippen molar-refractivity contribution in [3.05, 3.63) is 70.2 Å². The predicted molar refractivity (Wildman–Crippen MR) is 103 cm³/mol. The van der Waals surface area contributed by atoms with Gasteiger partial charge in [0.15, 0.2) is 0 Å². The second kappa shape index (κ2) is 7.24. The highest BCUT2D eigenvalue weighted by Gasteiger charge is 2.42. The lowest BCUT2D eigenvalue weighted by molar-refractivity contribution is -0.126. The maximum atomic E-state index is 13.2. The normalized spacial score (nSPS) is 20.3. The molecule has 0 radical (unpaired) electrons. The van der Waals surface area contributed by atoms with Crippen LogP contribution >= 0.6 is 11.6 Å². The minimum absolute atomic E-state index is 0.00639. The Morgan fingerprint density at radius 1 is 1.11 bits per heavy atom. The Hall–Kier alpha value is -2.53. The van der Waals surface area contributed by atoms with E-state index in [4.69, 9.17) is 11.6 Å². The van der Waals surface area contributed by atoms with Gasteiger partial charge in [0.1, 0.15) is 6.04 Å². The summed E-state index contributed by atoms with van der Waals surface area (Å²) in [5.74, 6) is -0.325. The van der Waals surface area contributed by atoms with Crippen molar-refractivity contribution in [2.45, 2.75) is 37.1 Å². The average Bonchev–Trinajstić information content (AvgIpc) is 3.19. The quantitative estimate of drug-likeness (QED) is 0.839. The van der Waals surface area contributed by atoms with E-state index < -0.39 is 5.41 Å². The molecule has 0 aromatic heterocycles. The summed E-state index contributed by atoms with van der Waals surface area (Å²) in [4.78, 5) is 25.1. The number of hydrogen-bond donors (Lipinski definition) is 1. The molecule has 138 valence electrons. The van der Waals surface area contributed by atoms with Crippen molar-refractivity contribution in [1.29, 1.82) is 0 Å². The van der Waals surface area contributed by atoms with Crippen LogP contribution in [0.3, 0.4) is 0 Å². The van der Waals surface area contributed by atoms with Crippen LogP contribution in [0.4, 0.5) is 0 Å². The molecule has 2 amide bonds. The van der Waals surface area contributed by atoms with Crippen LogP contribution in [-0.4, -0.2) is 18.4 Å². The van der Waals surface area contributed by atoms with E-state index in [9.17, 15) is 9.59 Å². The van der Waals surface area contributed by atoms with Crippen molar-refractivity contribution in [1.82, 2.24) is 5.32 Å². The van der Waals surface area contributed by atoms with Gasteiger partial charge in [-0.1, -0.05) is 54.8 Å². The van der Waals surface area contributed by atoms with Gasteiger partial charge in [-0.15, -0.1) is 5.11 Å². The lowest BCUT2D eigenvalue weighted by atomic mass is 9.78. The fourth-order valence-electron chi connectivity index (χ4n) is 4.12. The van der Waals surface area contributed by atoms with Crippen LogP contribution in [0, 0.1) is 0 Å². The van der Waals surface area contributed by atoms with Crippen LogP contribution in [0.2, 0.25) is 5.02 Å². The van der Waals surface area contributed by atoms with Gasteiger partial charge in [-0.25, -0.2) is 0 Å². The smallest absolute Gasteiger partial charge is 0.295 e. The summed E-state index contributed by atoms with van der Waals surface area (Å²) >= 11 is 6.01. The van der Waals surface area contributed by atoms with Gasteiger partial charge >= 0.3 is 0 Å². The summed E-state index contributed by atoms with van der Waals surface area (Å²) in [5, 5.41) is 11.6. The zero-order chi connectivity index (χ0) is 18.9. The Balaban J connectivity index is 1.54. The zero-order valence-corrected chi connectivity index (χ0v) is 15.6. The summed E-state index contributed by atoms with van der Waals surface area (Å²) in [7, 11) is 0. The SMILES string of the molecule is O=C1N=NC(CNC(=O)C2(c3ccc(Cl)cc3)CCCC2)c2ccccc21. The van der Waals surface area contributed by atoms with Crippen LogP contribution in [0.15, 0.2) is 58.8 Å². The number of carbonyl (C=O) groups excluding carboxylic acids is 2. The molecular formula is C21H20ClN3O2. The van der Waals surface area contributed by atoms with Gasteiger partial charge in [0.2, 0.25) is 5.91 Å². The molecule has 1 aliphatic carbocycles. The first-order chi connectivity index (χ1) is 13.1. The summed E-state index contributed by atoms with van der Waals surface area (Å²) in [6, 6.07) is 14.5. The number of halogens is 1. The zero-order valence-electron chi connectivity index (χ0n) is 14.8. The van der Waals surface area contributed by atoms with E-state index in [1.54, 1.807) is 12.1 Å². The molecule has 1 aliphatic heterocycles. The van der Waals surface area contributed by atoms with Crippen molar-refractivity contribution in [3.8, 4) is 0 Å². The van der Waals surface area contributed by atoms with Crippen molar-refractivity contribution in [3.63, 3.8) is 0 Å². The van der Waals surface area contributed by atoms with Gasteiger partial charge in [0.05, 0.1) is 5.41 Å². The third-order valence-electron chi connectivity index (χ3n) is 5.58. The number of azo groups is 1. The Labute approximate surface area is 162 Å². The van der Waals surface area contributed by atoms with Crippen molar-refractivity contribution in [2.24, 2.45) is 10.2 Å². The number of nitrogens with zero attached hydrogens (tertiary/aromatic N) is 2. The van der Waals surface area contributed by atoms with Gasteiger partial charge in [0, 0.05) is 17.1 Å². The van der Waals surface area contributed by atoms with Crippen molar-refractivity contribution >= 4 is 23.4 Å². The average molecular weight is 382 g/mol. The summed E-state index contributed by atoms with van der Waals surface area (Å²) in [5.41, 5.74) is 1.85. The van der Waals surface area contributed by atoms with E-state index in [0.29, 0.717) is 17.1 Å². The molecule has 1 unspecified atom stereocenters. The maximum absolute atomic E-state index is 13.2. The summed E-state index contributed by atoms with van der Waals surface area (Å²) in [6.07, 6.45) is 3.69. The molecule has 1 atom stereocenters. The predicted octanol–water partition coefficient (Wildman–Crippen LogP) is 4.62. The first-order valence-corrected chi connectivity index (χ1v) is 9.56. The Morgan fingerprint density at radius 2 is 1.81 bits per heavy atom. The number of fused-ring (bicyclic) bond motifs is 1. The standard InChI is InChI=1S/C21H20ClN3O2/c22-15-9-7-14(8-10-15)21(11-3-4-12-21)20(27)23-13-18-16-5-1-2-6-17(16)19(26)25-24-18/h1-2,5-10,18H,3-4,11-13H2,(H,23,27). The highest BCUT2D eigenvalue weighted by molar-refractivity contribution is 6.30. The van der Waals surface area contributed by atoms with Crippen LogP contribution in [0.5, 0.6) is 0 Å². The molecule has 1 saturated carbocycles. The number of amides is 2. The third-order valence-corrected chi connectivity index (χ3v) is 5.83. The lowest BCUT2D eigenvalue weighted by Gasteiger charge is -2.29. The monoisotopic (exact) mass is 381 g/mol. The van der Waals surface area contributed by atoms with Crippen LogP contribution in [0.1, 0.15) is 53.2 Å². The van der Waals surface area contributed by atoms with Crippen LogP contribution in [0.25, 0.3) is 0 Å². The minimum atomic E-state index is -0.522. The van der Waals surface area contributed by atoms with E-state index in [-0.39, 0.29) is 17.9 Å². The van der Waals surface area contributed by atoms with Gasteiger partial charge in [0.25, 0.3) is 5.91 Å². The Morgan fingerprint density at radius 3 is 2.56 bits per heavy atom. The molecule has 6 heteroatoms. The summed E-state index contributed by atoms with van der Waals surface area (Å²) < 4.78 is 0. The fourth-order valence-corrected chi connectivity index (χ4v) is 4.25. The first-order valence-electron chi connectivity index (χ1n) is 9.19. The van der Waals surface area contributed by atoms with Crippen molar-refractivity contribution < 1.29 is 9.59 Å². The van der Waals surface area contributed by atoms with Gasteiger partial charge < -0.3 is 5.32 Å². The molecule has 5 nitrogen and oxygen atoms in total. The molecule has 0 bridgehead atoms. The molecule has 1 fully saturated rings. The topological polar surface area (TPSA) is 70.9 Å². The molecule has 2 aliphatic rings. The van der Waals surface area contributed by atoms with Gasteiger partial charge in [-0.05, 0) is 42.2 Å². The van der Waals surface area contributed by atoms with E-state index in [2.05, 4.69) is 15.5 Å². The molecule has 27 heavy (non-hydrogen) atoms. The molecule has 2 aromatic rings. The molecule has 0 spiro atoms. The number of nitrogens with one attached hydrogen (secondary N) is 1. The largest absolute Gasteiger partial charge is 0.353 e. The second-order valence-electron chi connectivity index (χ2n) is 7.13. The Kier molecular flexibility index (Phi) is 4.79. The van der Waals surface area contributed by atoms with Gasteiger partial charge in [-0.3, -0.25) is 9.59 Å². The molecular weight excluding hydrogens is 362 g/mol. The number of hydrogen-bond acceptors (Lipinski definition) is 3. The van der Waals surface area contributed by atoms with Gasteiger partial charge in [-0.2, -0.15) is 5.11 Å². The lowest BCUT2D eigenvalue weighted by Crippen LogP contribution is -2.44. The fraction of sp³-hybridized carbons (Fsp3) is 0.333. The van der Waals surface area contributed by atoms with Crippen LogP contribution in [-0.2, 0) is 10.2 Å². The second-order valence-corrected chi connectivity index (χ2v) is 7.57. The van der Waals surface area contributed by atoms with Crippen LogP contribution < -0.4 is 5.32 Å². The number of rotatable bonds is 4. The highest BCUT2D eigenvalue weighted by Crippen LogP contribution is 2.42. The number of carbonyl (C=O) groups is 2.